The highest BCUT2D eigenvalue weighted by Gasteiger charge is 2.19. The molecular weight excluding hydrogens is 230 g/mol. The fourth-order valence-corrected chi connectivity index (χ4v) is 2.06. The number of carboxylic acid groups (broad SMARTS) is 1. The van der Waals surface area contributed by atoms with E-state index in [1.165, 1.54) is 0 Å². The van der Waals surface area contributed by atoms with Crippen LogP contribution in [0.15, 0.2) is 0 Å². The van der Waals surface area contributed by atoms with Gasteiger partial charge in [-0.3, -0.25) is 9.59 Å². The minimum Gasteiger partial charge on any atom is -0.481 e. The first-order chi connectivity index (χ1) is 8.42. The lowest BCUT2D eigenvalue weighted by atomic mass is 9.90. The van der Waals surface area contributed by atoms with E-state index in [9.17, 15) is 9.59 Å². The summed E-state index contributed by atoms with van der Waals surface area (Å²) >= 11 is 0. The summed E-state index contributed by atoms with van der Waals surface area (Å²) in [6.45, 7) is 8.49. The lowest BCUT2D eigenvalue weighted by Crippen LogP contribution is -2.34. The minimum atomic E-state index is -0.826. The van der Waals surface area contributed by atoms with Gasteiger partial charge in [0.1, 0.15) is 0 Å². The smallest absolute Gasteiger partial charge is 0.308 e. The molecule has 0 spiro atoms. The largest absolute Gasteiger partial charge is 0.481 e. The van der Waals surface area contributed by atoms with E-state index in [1.54, 1.807) is 0 Å². The maximum Gasteiger partial charge on any atom is 0.308 e. The molecule has 106 valence electrons. The molecule has 0 fully saturated rings. The summed E-state index contributed by atoms with van der Waals surface area (Å²) in [7, 11) is 0. The Kier molecular flexibility index (Phi) is 8.42. The minimum absolute atomic E-state index is 0.0297. The third-order valence-corrected chi connectivity index (χ3v) is 3.45. The molecule has 2 N–H and O–H groups in total. The van der Waals surface area contributed by atoms with E-state index in [2.05, 4.69) is 26.1 Å². The predicted octanol–water partition coefficient (Wildman–Crippen LogP) is 2.68. The van der Waals surface area contributed by atoms with Crippen LogP contribution in [0, 0.1) is 17.8 Å². The highest BCUT2D eigenvalue weighted by Crippen LogP contribution is 2.18. The van der Waals surface area contributed by atoms with Gasteiger partial charge in [-0.25, -0.2) is 0 Å². The second kappa shape index (κ2) is 8.95. The van der Waals surface area contributed by atoms with Crippen LogP contribution < -0.4 is 5.32 Å². The van der Waals surface area contributed by atoms with Crippen molar-refractivity contribution in [1.29, 1.82) is 0 Å². The molecule has 18 heavy (non-hydrogen) atoms. The second-order valence-corrected chi connectivity index (χ2v) is 5.24. The number of hydrogen-bond acceptors (Lipinski definition) is 2. The van der Waals surface area contributed by atoms with Crippen molar-refractivity contribution in [3.8, 4) is 0 Å². The van der Waals surface area contributed by atoms with E-state index < -0.39 is 11.9 Å². The van der Waals surface area contributed by atoms with Crippen molar-refractivity contribution in [1.82, 2.24) is 5.32 Å². The van der Waals surface area contributed by atoms with Gasteiger partial charge in [-0.05, 0) is 18.3 Å². The van der Waals surface area contributed by atoms with E-state index >= 15 is 0 Å². The van der Waals surface area contributed by atoms with Crippen molar-refractivity contribution in [2.45, 2.75) is 53.4 Å². The van der Waals surface area contributed by atoms with Crippen LogP contribution in [0.4, 0.5) is 0 Å². The molecule has 4 nitrogen and oxygen atoms in total. The molecule has 0 aromatic carbocycles. The highest BCUT2D eigenvalue weighted by atomic mass is 16.4. The van der Waals surface area contributed by atoms with Gasteiger partial charge in [0, 0.05) is 13.0 Å². The van der Waals surface area contributed by atoms with E-state index in [1.807, 2.05) is 6.92 Å². The van der Waals surface area contributed by atoms with Crippen LogP contribution in [0.3, 0.4) is 0 Å². The third-order valence-electron chi connectivity index (χ3n) is 3.45. The van der Waals surface area contributed by atoms with Crippen LogP contribution in [0.2, 0.25) is 0 Å². The van der Waals surface area contributed by atoms with Crippen molar-refractivity contribution < 1.29 is 14.7 Å². The summed E-state index contributed by atoms with van der Waals surface area (Å²) in [5.74, 6) is -0.463. The van der Waals surface area contributed by atoms with Crippen LogP contribution in [0.5, 0.6) is 0 Å². The number of hydrogen-bond donors (Lipinski definition) is 2. The maximum absolute atomic E-state index is 11.7. The molecule has 0 aliphatic heterocycles. The molecule has 0 rings (SSSR count). The first kappa shape index (κ1) is 16.9. The summed E-state index contributed by atoms with van der Waals surface area (Å²) in [4.78, 5) is 22.7. The van der Waals surface area contributed by atoms with Gasteiger partial charge in [-0.2, -0.15) is 0 Å². The molecule has 0 aromatic rings. The summed E-state index contributed by atoms with van der Waals surface area (Å²) in [6, 6.07) is 0. The fraction of sp³-hybridized carbons (Fsp3) is 0.857. The average Bonchev–Trinajstić information content (AvgIpc) is 2.30. The standard InChI is InChI=1S/C14H27NO3/c1-5-7-12(14(17)18)9-15-13(16)8-11(6-2)10(3)4/h10-12H,5-9H2,1-4H3,(H,15,16)(H,17,18). The molecule has 0 bridgehead atoms. The zero-order chi connectivity index (χ0) is 14.1. The molecule has 0 heterocycles. The number of carbonyl (C=O) groups excluding carboxylic acids is 1. The SMILES string of the molecule is CCCC(CNC(=O)CC(CC)C(C)C)C(=O)O. The number of nitrogens with one attached hydrogen (secondary N) is 1. The normalized spacial score (nSPS) is 14.3. The predicted molar refractivity (Wildman–Crippen MR) is 72.3 cm³/mol. The number of carboxylic acids is 1. The Balaban J connectivity index is 4.11. The van der Waals surface area contributed by atoms with E-state index in [0.29, 0.717) is 24.7 Å². The quantitative estimate of drug-likeness (QED) is 0.667. The van der Waals surface area contributed by atoms with Crippen LogP contribution in [-0.4, -0.2) is 23.5 Å². The van der Waals surface area contributed by atoms with Crippen LogP contribution in [0.1, 0.15) is 53.4 Å². The fourth-order valence-electron chi connectivity index (χ4n) is 2.06. The number of rotatable bonds is 9. The maximum atomic E-state index is 11.7. The summed E-state index contributed by atoms with van der Waals surface area (Å²) in [6.07, 6.45) is 2.89. The van der Waals surface area contributed by atoms with Gasteiger partial charge in [-0.1, -0.05) is 40.5 Å². The average molecular weight is 257 g/mol. The first-order valence-corrected chi connectivity index (χ1v) is 6.91. The number of carbonyl (C=O) groups is 2. The summed E-state index contributed by atoms with van der Waals surface area (Å²) in [5.41, 5.74) is 0. The number of aliphatic carboxylic acids is 1. The molecule has 0 aromatic heterocycles. The zero-order valence-electron chi connectivity index (χ0n) is 12.0. The van der Waals surface area contributed by atoms with Gasteiger partial charge in [0.2, 0.25) is 5.91 Å². The first-order valence-electron chi connectivity index (χ1n) is 6.91. The molecule has 0 aliphatic rings. The Morgan fingerprint density at radius 2 is 1.83 bits per heavy atom. The van der Waals surface area contributed by atoms with E-state index in [4.69, 9.17) is 5.11 Å². The van der Waals surface area contributed by atoms with Crippen molar-refractivity contribution >= 4 is 11.9 Å². The van der Waals surface area contributed by atoms with Gasteiger partial charge < -0.3 is 10.4 Å². The van der Waals surface area contributed by atoms with Gasteiger partial charge in [0.05, 0.1) is 5.92 Å². The molecular formula is C14H27NO3. The Bertz CT molecular complexity index is 264. The van der Waals surface area contributed by atoms with Crippen LogP contribution in [-0.2, 0) is 9.59 Å². The summed E-state index contributed by atoms with van der Waals surface area (Å²) in [5, 5.41) is 11.7. The Labute approximate surface area is 110 Å². The van der Waals surface area contributed by atoms with Crippen LogP contribution >= 0.6 is 0 Å². The lowest BCUT2D eigenvalue weighted by molar-refractivity contribution is -0.142. The topological polar surface area (TPSA) is 66.4 Å². The van der Waals surface area contributed by atoms with Gasteiger partial charge in [0.15, 0.2) is 0 Å². The monoisotopic (exact) mass is 257 g/mol. The van der Waals surface area contributed by atoms with E-state index in [-0.39, 0.29) is 12.5 Å². The Morgan fingerprint density at radius 3 is 2.22 bits per heavy atom. The van der Waals surface area contributed by atoms with Gasteiger partial charge in [-0.15, -0.1) is 0 Å². The molecule has 1 amide bonds. The van der Waals surface area contributed by atoms with Gasteiger partial charge >= 0.3 is 5.97 Å². The molecule has 0 saturated heterocycles. The molecule has 0 saturated carbocycles. The van der Waals surface area contributed by atoms with E-state index in [0.717, 1.165) is 12.8 Å². The summed E-state index contributed by atoms with van der Waals surface area (Å²) < 4.78 is 0. The molecule has 2 unspecified atom stereocenters. The lowest BCUT2D eigenvalue weighted by Gasteiger charge is -2.19. The second-order valence-electron chi connectivity index (χ2n) is 5.24. The Morgan fingerprint density at radius 1 is 1.22 bits per heavy atom. The van der Waals surface area contributed by atoms with Crippen LogP contribution in [0.25, 0.3) is 0 Å². The van der Waals surface area contributed by atoms with Gasteiger partial charge in [0.25, 0.3) is 0 Å². The Hall–Kier alpha value is -1.06. The van der Waals surface area contributed by atoms with Crippen molar-refractivity contribution in [2.75, 3.05) is 6.54 Å². The van der Waals surface area contributed by atoms with Crippen molar-refractivity contribution in [2.24, 2.45) is 17.8 Å². The molecule has 0 aliphatic carbocycles. The number of amides is 1. The molecule has 2 atom stereocenters. The molecule has 0 radical (unpaired) electrons. The third kappa shape index (κ3) is 6.62. The van der Waals surface area contributed by atoms with Crippen molar-refractivity contribution in [3.05, 3.63) is 0 Å². The van der Waals surface area contributed by atoms with Crippen molar-refractivity contribution in [3.63, 3.8) is 0 Å². The molecule has 4 heteroatoms. The highest BCUT2D eigenvalue weighted by molar-refractivity contribution is 5.77. The zero-order valence-corrected chi connectivity index (χ0v) is 12.0.